The van der Waals surface area contributed by atoms with E-state index in [0.717, 1.165) is 11.3 Å². The van der Waals surface area contributed by atoms with E-state index in [9.17, 15) is 9.59 Å². The number of aliphatic carboxylic acids is 1. The highest BCUT2D eigenvalue weighted by Crippen LogP contribution is 2.34. The van der Waals surface area contributed by atoms with Gasteiger partial charge in [-0.25, -0.2) is 4.79 Å². The van der Waals surface area contributed by atoms with Gasteiger partial charge in [0.2, 0.25) is 0 Å². The molecule has 1 atom stereocenters. The van der Waals surface area contributed by atoms with Crippen molar-refractivity contribution in [1.29, 1.82) is 0 Å². The number of carbonyl (C=O) groups excluding carboxylic acids is 1. The fourth-order valence-corrected chi connectivity index (χ4v) is 4.11. The molecule has 0 saturated carbocycles. The molecule has 0 spiro atoms. The van der Waals surface area contributed by atoms with Crippen molar-refractivity contribution in [2.75, 3.05) is 26.3 Å². The lowest BCUT2D eigenvalue weighted by Crippen LogP contribution is -2.41. The number of carbonyl (C=O) groups is 2. The summed E-state index contributed by atoms with van der Waals surface area (Å²) in [6.45, 7) is 6.94. The predicted octanol–water partition coefficient (Wildman–Crippen LogP) is 4.46. The number of benzene rings is 2. The molecule has 1 N–H and O–H groups in total. The Balaban J connectivity index is 1.64. The smallest absolute Gasteiger partial charge is 0.341 e. The van der Waals surface area contributed by atoms with Crippen molar-refractivity contribution in [2.24, 2.45) is 5.92 Å². The summed E-state index contributed by atoms with van der Waals surface area (Å²) in [5.74, 6) is 0.725. The summed E-state index contributed by atoms with van der Waals surface area (Å²) < 4.78 is 17.6. The van der Waals surface area contributed by atoms with Gasteiger partial charge in [0.25, 0.3) is 5.91 Å². The number of aryl methyl sites for hydroxylation is 1. The lowest BCUT2D eigenvalue weighted by molar-refractivity contribution is -0.139. The third-order valence-corrected chi connectivity index (χ3v) is 5.73. The molecule has 0 saturated heterocycles. The van der Waals surface area contributed by atoms with E-state index >= 15 is 0 Å². The molecule has 0 radical (unpaired) electrons. The maximum absolute atomic E-state index is 13.8. The standard InChI is InChI=1S/C28H30N2O6/c1-18(2)14-30-15-22(16-35-23-7-5-4-6-19(23)3)36-24-12-13-29-27(26(24)28(30)33)20-8-10-21(11-9-20)34-17-25(31)32/h4-13,18,22H,14-17H2,1-3H3,(H,31,32). The maximum Gasteiger partial charge on any atom is 0.341 e. The van der Waals surface area contributed by atoms with E-state index in [0.29, 0.717) is 48.0 Å². The number of pyridine rings is 1. The van der Waals surface area contributed by atoms with Crippen LogP contribution >= 0.6 is 0 Å². The molecular formula is C28H30N2O6. The van der Waals surface area contributed by atoms with Gasteiger partial charge in [-0.1, -0.05) is 32.0 Å². The van der Waals surface area contributed by atoms with Crippen molar-refractivity contribution in [1.82, 2.24) is 9.88 Å². The predicted molar refractivity (Wildman–Crippen MR) is 135 cm³/mol. The lowest BCUT2D eigenvalue weighted by atomic mass is 10.0. The molecule has 1 aliphatic rings. The number of hydrogen-bond donors (Lipinski definition) is 1. The van der Waals surface area contributed by atoms with Crippen LogP contribution in [0.15, 0.2) is 60.8 Å². The molecule has 8 heteroatoms. The Labute approximate surface area is 210 Å². The van der Waals surface area contributed by atoms with Gasteiger partial charge >= 0.3 is 5.97 Å². The maximum atomic E-state index is 13.8. The van der Waals surface area contributed by atoms with Gasteiger partial charge in [0, 0.05) is 18.3 Å². The second kappa shape index (κ2) is 11.1. The van der Waals surface area contributed by atoms with E-state index < -0.39 is 12.6 Å². The SMILES string of the molecule is Cc1ccccc1OCC1CN(CC(C)C)C(=O)c2c(ccnc2-c2ccc(OCC(=O)O)cc2)O1. The van der Waals surface area contributed by atoms with Crippen LogP contribution in [-0.2, 0) is 4.79 Å². The van der Waals surface area contributed by atoms with Crippen molar-refractivity contribution in [2.45, 2.75) is 26.9 Å². The van der Waals surface area contributed by atoms with Gasteiger partial charge in [0.1, 0.15) is 29.4 Å². The van der Waals surface area contributed by atoms with Crippen LogP contribution in [0.1, 0.15) is 29.8 Å². The number of aromatic nitrogens is 1. The van der Waals surface area contributed by atoms with Crippen LogP contribution < -0.4 is 14.2 Å². The van der Waals surface area contributed by atoms with E-state index in [-0.39, 0.29) is 17.9 Å². The minimum absolute atomic E-state index is 0.147. The highest BCUT2D eigenvalue weighted by atomic mass is 16.5. The number of fused-ring (bicyclic) bond motifs is 1. The fourth-order valence-electron chi connectivity index (χ4n) is 4.11. The molecule has 3 aromatic rings. The number of hydrogen-bond acceptors (Lipinski definition) is 6. The number of amides is 1. The Hall–Kier alpha value is -4.07. The highest BCUT2D eigenvalue weighted by molar-refractivity contribution is 6.02. The van der Waals surface area contributed by atoms with Gasteiger partial charge in [0.05, 0.1) is 12.2 Å². The first-order valence-electron chi connectivity index (χ1n) is 11.9. The molecule has 2 heterocycles. The molecule has 1 amide bonds. The van der Waals surface area contributed by atoms with E-state index in [2.05, 4.69) is 18.8 Å². The number of nitrogens with zero attached hydrogens (tertiary/aromatic N) is 2. The van der Waals surface area contributed by atoms with Crippen LogP contribution in [0.4, 0.5) is 0 Å². The minimum Gasteiger partial charge on any atom is -0.489 e. The van der Waals surface area contributed by atoms with Gasteiger partial charge < -0.3 is 24.2 Å². The Morgan fingerprint density at radius 3 is 2.58 bits per heavy atom. The Morgan fingerprint density at radius 1 is 1.14 bits per heavy atom. The van der Waals surface area contributed by atoms with Crippen LogP contribution in [0.2, 0.25) is 0 Å². The van der Waals surface area contributed by atoms with Crippen LogP contribution in [0.25, 0.3) is 11.3 Å². The van der Waals surface area contributed by atoms with Gasteiger partial charge in [-0.05, 0) is 54.8 Å². The zero-order valence-electron chi connectivity index (χ0n) is 20.6. The van der Waals surface area contributed by atoms with E-state index in [4.69, 9.17) is 19.3 Å². The molecule has 188 valence electrons. The quantitative estimate of drug-likeness (QED) is 0.473. The largest absolute Gasteiger partial charge is 0.489 e. The monoisotopic (exact) mass is 490 g/mol. The summed E-state index contributed by atoms with van der Waals surface area (Å²) in [5.41, 5.74) is 2.63. The summed E-state index contributed by atoms with van der Waals surface area (Å²) in [7, 11) is 0. The third-order valence-electron chi connectivity index (χ3n) is 5.73. The van der Waals surface area contributed by atoms with E-state index in [1.165, 1.54) is 0 Å². The molecule has 0 fully saturated rings. The summed E-state index contributed by atoms with van der Waals surface area (Å²) >= 11 is 0. The molecule has 1 aliphatic heterocycles. The zero-order valence-corrected chi connectivity index (χ0v) is 20.6. The molecule has 0 bridgehead atoms. The van der Waals surface area contributed by atoms with Crippen LogP contribution in [0.3, 0.4) is 0 Å². The van der Waals surface area contributed by atoms with Crippen LogP contribution in [-0.4, -0.2) is 59.3 Å². The molecule has 8 nitrogen and oxygen atoms in total. The molecule has 36 heavy (non-hydrogen) atoms. The Kier molecular flexibility index (Phi) is 7.73. The highest BCUT2D eigenvalue weighted by Gasteiger charge is 2.32. The topological polar surface area (TPSA) is 98.2 Å². The Bertz CT molecular complexity index is 1220. The lowest BCUT2D eigenvalue weighted by Gasteiger charge is -2.26. The van der Waals surface area contributed by atoms with Gasteiger partial charge in [-0.2, -0.15) is 0 Å². The fraction of sp³-hybridized carbons (Fsp3) is 0.321. The van der Waals surface area contributed by atoms with Crippen LogP contribution in [0, 0.1) is 12.8 Å². The second-order valence-electron chi connectivity index (χ2n) is 9.16. The van der Waals surface area contributed by atoms with E-state index in [1.54, 1.807) is 41.4 Å². The van der Waals surface area contributed by atoms with Crippen LogP contribution in [0.5, 0.6) is 17.2 Å². The number of ether oxygens (including phenoxy) is 3. The number of rotatable bonds is 9. The molecule has 1 unspecified atom stereocenters. The molecule has 1 aromatic heterocycles. The van der Waals surface area contributed by atoms with Crippen molar-refractivity contribution in [3.8, 4) is 28.5 Å². The normalized spacial score (nSPS) is 15.2. The van der Waals surface area contributed by atoms with Gasteiger partial charge in [-0.15, -0.1) is 0 Å². The first-order chi connectivity index (χ1) is 17.3. The average Bonchev–Trinajstić information content (AvgIpc) is 2.98. The molecule has 2 aromatic carbocycles. The molecule has 0 aliphatic carbocycles. The first-order valence-corrected chi connectivity index (χ1v) is 11.9. The zero-order chi connectivity index (χ0) is 25.7. The number of para-hydroxylation sites is 1. The summed E-state index contributed by atoms with van der Waals surface area (Å²) in [6, 6.07) is 16.3. The number of carboxylic acids is 1. The summed E-state index contributed by atoms with van der Waals surface area (Å²) in [5, 5.41) is 8.82. The Morgan fingerprint density at radius 2 is 1.89 bits per heavy atom. The summed E-state index contributed by atoms with van der Waals surface area (Å²) in [4.78, 5) is 30.8. The van der Waals surface area contributed by atoms with E-state index in [1.807, 2.05) is 31.2 Å². The molecular weight excluding hydrogens is 460 g/mol. The van der Waals surface area contributed by atoms with Crippen molar-refractivity contribution < 1.29 is 28.9 Å². The second-order valence-corrected chi connectivity index (χ2v) is 9.16. The first kappa shape index (κ1) is 25.0. The van der Waals surface area contributed by atoms with Crippen molar-refractivity contribution >= 4 is 11.9 Å². The summed E-state index contributed by atoms with van der Waals surface area (Å²) in [6.07, 6.45) is 1.25. The van der Waals surface area contributed by atoms with Crippen molar-refractivity contribution in [3.05, 3.63) is 71.9 Å². The minimum atomic E-state index is -1.05. The average molecular weight is 491 g/mol. The molecule has 4 rings (SSSR count). The third kappa shape index (κ3) is 5.94. The van der Waals surface area contributed by atoms with Gasteiger partial charge in [-0.3, -0.25) is 9.78 Å². The van der Waals surface area contributed by atoms with Crippen molar-refractivity contribution in [3.63, 3.8) is 0 Å². The van der Waals surface area contributed by atoms with Gasteiger partial charge in [0.15, 0.2) is 12.7 Å². The number of carboxylic acid groups (broad SMARTS) is 1.